The summed E-state index contributed by atoms with van der Waals surface area (Å²) in [4.78, 5) is 0. The van der Waals surface area contributed by atoms with Gasteiger partial charge in [-0.15, -0.1) is 4.37 Å². The van der Waals surface area contributed by atoms with Crippen molar-refractivity contribution in [3.63, 3.8) is 0 Å². The zero-order chi connectivity index (χ0) is 14.2. The van der Waals surface area contributed by atoms with Crippen molar-refractivity contribution >= 4 is 11.7 Å². The first-order valence-electron chi connectivity index (χ1n) is 6.20. The summed E-state index contributed by atoms with van der Waals surface area (Å²) < 4.78 is 18.1. The van der Waals surface area contributed by atoms with E-state index in [9.17, 15) is 5.11 Å². The van der Waals surface area contributed by atoms with Crippen LogP contribution in [0.25, 0.3) is 0 Å². The Hall–Kier alpha value is -1.70. The van der Waals surface area contributed by atoms with Crippen LogP contribution in [0.15, 0.2) is 30.5 Å². The molecule has 0 radical (unpaired) electrons. The van der Waals surface area contributed by atoms with E-state index in [1.807, 2.05) is 24.3 Å². The van der Waals surface area contributed by atoms with Gasteiger partial charge in [-0.25, -0.2) is 0 Å². The van der Waals surface area contributed by atoms with Crippen LogP contribution in [-0.2, 0) is 6.54 Å². The summed E-state index contributed by atoms with van der Waals surface area (Å²) in [5.41, 5.74) is 1.13. The van der Waals surface area contributed by atoms with Gasteiger partial charge in [-0.2, -0.15) is 4.37 Å². The third kappa shape index (κ3) is 4.76. The summed E-state index contributed by atoms with van der Waals surface area (Å²) >= 11 is 1.08. The van der Waals surface area contributed by atoms with Gasteiger partial charge < -0.3 is 19.9 Å². The first-order chi connectivity index (χ1) is 9.78. The van der Waals surface area contributed by atoms with Crippen LogP contribution in [0.5, 0.6) is 11.6 Å². The number of methoxy groups -OCH3 is 1. The second-order valence-corrected chi connectivity index (χ2v) is 4.75. The molecule has 2 rings (SSSR count). The van der Waals surface area contributed by atoms with Gasteiger partial charge in [0.1, 0.15) is 24.7 Å². The van der Waals surface area contributed by atoms with Crippen LogP contribution in [0.2, 0.25) is 0 Å². The largest absolute Gasteiger partial charge is 0.497 e. The van der Waals surface area contributed by atoms with Crippen LogP contribution in [0.3, 0.4) is 0 Å². The number of hydrogen-bond acceptors (Lipinski definition) is 7. The Morgan fingerprint density at radius 3 is 2.80 bits per heavy atom. The number of aromatic nitrogens is 2. The molecule has 0 aliphatic rings. The van der Waals surface area contributed by atoms with E-state index in [1.54, 1.807) is 7.11 Å². The standard InChI is InChI=1S/C13H17N3O3S/c1-18-12-4-2-10(3-5-12)6-14-7-11(17)9-19-13-8-15-20-16-13/h2-5,8,11,14,17H,6-7,9H2,1H3. The summed E-state index contributed by atoms with van der Waals surface area (Å²) in [5, 5.41) is 12.9. The molecule has 0 saturated carbocycles. The second kappa shape index (κ2) is 7.78. The maximum absolute atomic E-state index is 9.76. The smallest absolute Gasteiger partial charge is 0.245 e. The van der Waals surface area contributed by atoms with E-state index in [1.165, 1.54) is 6.20 Å². The Morgan fingerprint density at radius 2 is 2.15 bits per heavy atom. The number of aliphatic hydroxyl groups is 1. The second-order valence-electron chi connectivity index (χ2n) is 4.19. The lowest BCUT2D eigenvalue weighted by Gasteiger charge is -2.12. The van der Waals surface area contributed by atoms with Crippen LogP contribution < -0.4 is 14.8 Å². The third-order valence-corrected chi connectivity index (χ3v) is 3.09. The van der Waals surface area contributed by atoms with Gasteiger partial charge in [0.15, 0.2) is 0 Å². The molecule has 1 unspecified atom stereocenters. The summed E-state index contributed by atoms with van der Waals surface area (Å²) in [7, 11) is 1.64. The van der Waals surface area contributed by atoms with Gasteiger partial charge >= 0.3 is 0 Å². The number of ether oxygens (including phenoxy) is 2. The number of benzene rings is 1. The quantitative estimate of drug-likeness (QED) is 0.759. The highest BCUT2D eigenvalue weighted by atomic mass is 32.1. The molecule has 0 amide bonds. The molecule has 2 aromatic rings. The minimum Gasteiger partial charge on any atom is -0.497 e. The van der Waals surface area contributed by atoms with Gasteiger partial charge in [-0.05, 0) is 17.7 Å². The molecular weight excluding hydrogens is 278 g/mol. The topological polar surface area (TPSA) is 76.5 Å². The summed E-state index contributed by atoms with van der Waals surface area (Å²) in [6.07, 6.45) is 0.942. The van der Waals surface area contributed by atoms with Crippen LogP contribution in [0.1, 0.15) is 5.56 Å². The first kappa shape index (κ1) is 14.7. The monoisotopic (exact) mass is 295 g/mol. The number of nitrogens with zero attached hydrogens (tertiary/aromatic N) is 2. The zero-order valence-corrected chi connectivity index (χ0v) is 12.0. The van der Waals surface area contributed by atoms with E-state index in [4.69, 9.17) is 9.47 Å². The van der Waals surface area contributed by atoms with E-state index in [0.717, 1.165) is 23.0 Å². The molecule has 1 aromatic carbocycles. The van der Waals surface area contributed by atoms with E-state index < -0.39 is 6.10 Å². The predicted octanol–water partition coefficient (Wildman–Crippen LogP) is 1.08. The lowest BCUT2D eigenvalue weighted by molar-refractivity contribution is 0.104. The molecule has 1 atom stereocenters. The molecule has 0 aliphatic heterocycles. The van der Waals surface area contributed by atoms with Crippen molar-refractivity contribution in [2.24, 2.45) is 0 Å². The fourth-order valence-corrected chi connectivity index (χ4v) is 1.95. The Morgan fingerprint density at radius 1 is 1.35 bits per heavy atom. The molecule has 108 valence electrons. The van der Waals surface area contributed by atoms with Gasteiger partial charge in [0, 0.05) is 13.1 Å². The molecule has 0 spiro atoms. The summed E-state index contributed by atoms with van der Waals surface area (Å²) in [5.74, 6) is 1.28. The average Bonchev–Trinajstić information content (AvgIpc) is 2.99. The molecule has 0 fully saturated rings. The maximum Gasteiger partial charge on any atom is 0.245 e. The van der Waals surface area contributed by atoms with E-state index in [-0.39, 0.29) is 6.61 Å². The van der Waals surface area contributed by atoms with Crippen molar-refractivity contribution in [2.75, 3.05) is 20.3 Å². The number of aliphatic hydroxyl groups excluding tert-OH is 1. The highest BCUT2D eigenvalue weighted by Crippen LogP contribution is 2.11. The van der Waals surface area contributed by atoms with Gasteiger partial charge in [0.05, 0.1) is 18.8 Å². The molecule has 20 heavy (non-hydrogen) atoms. The van der Waals surface area contributed by atoms with Gasteiger partial charge in [-0.3, -0.25) is 0 Å². The Labute approximate surface area is 121 Å². The maximum atomic E-state index is 9.76. The highest BCUT2D eigenvalue weighted by Gasteiger charge is 2.06. The van der Waals surface area contributed by atoms with Gasteiger partial charge in [0.25, 0.3) is 0 Å². The van der Waals surface area contributed by atoms with E-state index in [0.29, 0.717) is 19.0 Å². The first-order valence-corrected chi connectivity index (χ1v) is 6.93. The van der Waals surface area contributed by atoms with Crippen molar-refractivity contribution < 1.29 is 14.6 Å². The van der Waals surface area contributed by atoms with Crippen LogP contribution in [0.4, 0.5) is 0 Å². The average molecular weight is 295 g/mol. The van der Waals surface area contributed by atoms with Crippen molar-refractivity contribution in [3.8, 4) is 11.6 Å². The fraction of sp³-hybridized carbons (Fsp3) is 0.385. The minimum absolute atomic E-state index is 0.195. The Kier molecular flexibility index (Phi) is 5.72. The van der Waals surface area contributed by atoms with Crippen LogP contribution in [0, 0.1) is 0 Å². The number of rotatable bonds is 8. The third-order valence-electron chi connectivity index (χ3n) is 2.63. The van der Waals surface area contributed by atoms with Crippen LogP contribution >= 0.6 is 11.7 Å². The molecule has 6 nitrogen and oxygen atoms in total. The van der Waals surface area contributed by atoms with Gasteiger partial charge in [0.2, 0.25) is 5.88 Å². The van der Waals surface area contributed by atoms with Crippen molar-refractivity contribution in [1.82, 2.24) is 14.1 Å². The molecular formula is C13H17N3O3S. The molecule has 7 heteroatoms. The summed E-state index contributed by atoms with van der Waals surface area (Å²) in [6.45, 7) is 1.32. The lowest BCUT2D eigenvalue weighted by Crippen LogP contribution is -2.31. The minimum atomic E-state index is -0.588. The highest BCUT2D eigenvalue weighted by molar-refractivity contribution is 6.99. The van der Waals surface area contributed by atoms with Crippen molar-refractivity contribution in [3.05, 3.63) is 36.0 Å². The molecule has 0 aliphatic carbocycles. The molecule has 1 heterocycles. The molecule has 0 saturated heterocycles. The molecule has 0 bridgehead atoms. The van der Waals surface area contributed by atoms with Gasteiger partial charge in [-0.1, -0.05) is 12.1 Å². The molecule has 1 aromatic heterocycles. The molecule has 2 N–H and O–H groups in total. The van der Waals surface area contributed by atoms with Crippen molar-refractivity contribution in [1.29, 1.82) is 0 Å². The van der Waals surface area contributed by atoms with Crippen molar-refractivity contribution in [2.45, 2.75) is 12.6 Å². The summed E-state index contributed by atoms with van der Waals surface area (Å²) in [6, 6.07) is 7.78. The van der Waals surface area contributed by atoms with E-state index in [2.05, 4.69) is 14.1 Å². The van der Waals surface area contributed by atoms with Crippen LogP contribution in [-0.4, -0.2) is 40.2 Å². The lowest BCUT2D eigenvalue weighted by atomic mass is 10.2. The number of hydrogen-bond donors (Lipinski definition) is 2. The number of nitrogens with one attached hydrogen (secondary N) is 1. The zero-order valence-electron chi connectivity index (χ0n) is 11.2. The fourth-order valence-electron chi connectivity index (χ4n) is 1.59. The normalized spacial score (nSPS) is 12.1. The predicted molar refractivity (Wildman–Crippen MR) is 76.1 cm³/mol. The Bertz CT molecular complexity index is 490. The Balaban J connectivity index is 1.64. The SMILES string of the molecule is COc1ccc(CNCC(O)COc2cnsn2)cc1. The van der Waals surface area contributed by atoms with E-state index >= 15 is 0 Å².